The van der Waals surface area contributed by atoms with Gasteiger partial charge in [0.05, 0.1) is 11.9 Å². The highest BCUT2D eigenvalue weighted by Gasteiger charge is 2.11. The fraction of sp³-hybridized carbons (Fsp3) is 0. The van der Waals surface area contributed by atoms with Crippen LogP contribution < -0.4 is 9.84 Å². The SMILES string of the molecule is C1=CSN(c2cncc3ccccc23)N1. The number of hydrogen-bond acceptors (Lipinski definition) is 4. The van der Waals surface area contributed by atoms with E-state index in [0.29, 0.717) is 0 Å². The Morgan fingerprint density at radius 1 is 1.20 bits per heavy atom. The van der Waals surface area contributed by atoms with Crippen LogP contribution in [-0.4, -0.2) is 4.98 Å². The van der Waals surface area contributed by atoms with Crippen LogP contribution in [0.1, 0.15) is 0 Å². The maximum atomic E-state index is 4.23. The molecule has 0 aliphatic carbocycles. The predicted octanol–water partition coefficient (Wildman–Crippen LogP) is 2.68. The van der Waals surface area contributed by atoms with Crippen LogP contribution in [0.5, 0.6) is 0 Å². The molecule has 0 bridgehead atoms. The number of aromatic nitrogens is 1. The van der Waals surface area contributed by atoms with Crippen molar-refractivity contribution in [1.29, 1.82) is 0 Å². The Bertz CT molecular complexity index is 511. The number of pyridine rings is 1. The third-order valence-corrected chi connectivity index (χ3v) is 3.06. The number of nitrogens with zero attached hydrogens (tertiary/aromatic N) is 2. The summed E-state index contributed by atoms with van der Waals surface area (Å²) >= 11 is 1.61. The molecule has 2 heterocycles. The normalized spacial score (nSPS) is 14.5. The van der Waals surface area contributed by atoms with E-state index < -0.39 is 0 Å². The largest absolute Gasteiger partial charge is 0.295 e. The topological polar surface area (TPSA) is 28.2 Å². The molecule has 1 aromatic carbocycles. The average molecular weight is 215 g/mol. The Morgan fingerprint density at radius 3 is 3.00 bits per heavy atom. The Labute approximate surface area is 91.9 Å². The summed E-state index contributed by atoms with van der Waals surface area (Å²) in [5.74, 6) is 0. The molecule has 0 unspecified atom stereocenters. The fourth-order valence-corrected chi connectivity index (χ4v) is 2.23. The lowest BCUT2D eigenvalue weighted by Gasteiger charge is -2.17. The Balaban J connectivity index is 2.17. The van der Waals surface area contributed by atoms with E-state index in [2.05, 4.69) is 22.5 Å². The van der Waals surface area contributed by atoms with Crippen molar-refractivity contribution in [1.82, 2.24) is 10.4 Å². The van der Waals surface area contributed by atoms with Crippen molar-refractivity contribution in [2.45, 2.75) is 0 Å². The number of benzene rings is 1. The van der Waals surface area contributed by atoms with Crippen LogP contribution in [0.3, 0.4) is 0 Å². The van der Waals surface area contributed by atoms with Crippen LogP contribution in [0, 0.1) is 0 Å². The van der Waals surface area contributed by atoms with E-state index in [9.17, 15) is 0 Å². The van der Waals surface area contributed by atoms with Crippen LogP contribution in [0.25, 0.3) is 10.8 Å². The van der Waals surface area contributed by atoms with Gasteiger partial charge in [-0.05, 0) is 0 Å². The first-order chi connectivity index (χ1) is 7.45. The zero-order chi connectivity index (χ0) is 10.1. The van der Waals surface area contributed by atoms with Crippen molar-refractivity contribution in [3.05, 3.63) is 48.3 Å². The van der Waals surface area contributed by atoms with Gasteiger partial charge in [-0.15, -0.1) is 0 Å². The van der Waals surface area contributed by atoms with Gasteiger partial charge in [0.2, 0.25) is 0 Å². The van der Waals surface area contributed by atoms with Crippen LogP contribution in [0.2, 0.25) is 0 Å². The van der Waals surface area contributed by atoms with Gasteiger partial charge in [-0.2, -0.15) is 0 Å². The molecule has 1 aliphatic heterocycles. The second-order valence-electron chi connectivity index (χ2n) is 3.21. The summed E-state index contributed by atoms with van der Waals surface area (Å²) in [5.41, 5.74) is 4.23. The van der Waals surface area contributed by atoms with Gasteiger partial charge in [0, 0.05) is 40.5 Å². The third-order valence-electron chi connectivity index (χ3n) is 2.29. The summed E-state index contributed by atoms with van der Waals surface area (Å²) in [6, 6.07) is 8.24. The van der Waals surface area contributed by atoms with E-state index in [1.165, 1.54) is 5.39 Å². The van der Waals surface area contributed by atoms with Gasteiger partial charge in [0.1, 0.15) is 0 Å². The van der Waals surface area contributed by atoms with Crippen molar-refractivity contribution >= 4 is 28.4 Å². The first-order valence-electron chi connectivity index (χ1n) is 4.66. The highest BCUT2D eigenvalue weighted by molar-refractivity contribution is 8.03. The van der Waals surface area contributed by atoms with Gasteiger partial charge in [-0.3, -0.25) is 10.4 Å². The number of hydrazine groups is 1. The monoisotopic (exact) mass is 215 g/mol. The summed E-state index contributed by atoms with van der Waals surface area (Å²) in [5, 5.41) is 4.36. The minimum atomic E-state index is 1.09. The first kappa shape index (κ1) is 8.61. The van der Waals surface area contributed by atoms with Crippen molar-refractivity contribution in [3.63, 3.8) is 0 Å². The van der Waals surface area contributed by atoms with Crippen molar-refractivity contribution < 1.29 is 0 Å². The standard InChI is InChI=1S/C11H9N3S/c1-2-4-10-9(3-1)7-12-8-11(10)14-13-5-6-15-14/h1-8,13H. The van der Waals surface area contributed by atoms with Crippen LogP contribution in [-0.2, 0) is 0 Å². The quantitative estimate of drug-likeness (QED) is 0.740. The Hall–Kier alpha value is -1.68. The molecule has 0 spiro atoms. The number of rotatable bonds is 1. The van der Waals surface area contributed by atoms with E-state index in [4.69, 9.17) is 0 Å². The second-order valence-corrected chi connectivity index (χ2v) is 4.06. The van der Waals surface area contributed by atoms with Crippen LogP contribution >= 0.6 is 11.9 Å². The molecule has 1 aromatic heterocycles. The zero-order valence-corrected chi connectivity index (χ0v) is 8.74. The molecule has 0 amide bonds. The molecule has 0 fully saturated rings. The minimum absolute atomic E-state index is 1.09. The molecular formula is C11H9N3S. The molecule has 0 saturated heterocycles. The summed E-state index contributed by atoms with van der Waals surface area (Å²) in [6.45, 7) is 0. The van der Waals surface area contributed by atoms with Gasteiger partial charge in [-0.1, -0.05) is 24.3 Å². The molecule has 3 rings (SSSR count). The molecule has 0 saturated carbocycles. The van der Waals surface area contributed by atoms with E-state index in [0.717, 1.165) is 11.1 Å². The molecule has 4 heteroatoms. The maximum Gasteiger partial charge on any atom is 0.0965 e. The summed E-state index contributed by atoms with van der Waals surface area (Å²) in [6.07, 6.45) is 5.66. The summed E-state index contributed by atoms with van der Waals surface area (Å²) < 4.78 is 2.00. The van der Waals surface area contributed by atoms with Crippen molar-refractivity contribution in [2.75, 3.05) is 4.41 Å². The summed E-state index contributed by atoms with van der Waals surface area (Å²) in [7, 11) is 0. The number of hydrogen-bond donors (Lipinski definition) is 1. The fourth-order valence-electron chi connectivity index (χ4n) is 1.61. The molecule has 0 atom stereocenters. The molecule has 2 aromatic rings. The molecular weight excluding hydrogens is 206 g/mol. The average Bonchev–Trinajstić information content (AvgIpc) is 2.82. The smallest absolute Gasteiger partial charge is 0.0965 e. The lowest BCUT2D eigenvalue weighted by molar-refractivity contribution is 0.981. The van der Waals surface area contributed by atoms with Crippen LogP contribution in [0.4, 0.5) is 5.69 Å². The van der Waals surface area contributed by atoms with Crippen molar-refractivity contribution in [3.8, 4) is 0 Å². The molecule has 1 N–H and O–H groups in total. The van der Waals surface area contributed by atoms with Crippen LogP contribution in [0.15, 0.2) is 48.3 Å². The minimum Gasteiger partial charge on any atom is -0.295 e. The Kier molecular flexibility index (Phi) is 1.99. The highest BCUT2D eigenvalue weighted by atomic mass is 32.2. The van der Waals surface area contributed by atoms with E-state index in [1.54, 1.807) is 11.9 Å². The number of anilines is 1. The van der Waals surface area contributed by atoms with Gasteiger partial charge < -0.3 is 0 Å². The van der Waals surface area contributed by atoms with Gasteiger partial charge in [0.25, 0.3) is 0 Å². The predicted molar refractivity (Wildman–Crippen MR) is 64.1 cm³/mol. The van der Waals surface area contributed by atoms with Gasteiger partial charge in [0.15, 0.2) is 0 Å². The Morgan fingerprint density at radius 2 is 2.13 bits per heavy atom. The maximum absolute atomic E-state index is 4.23. The lowest BCUT2D eigenvalue weighted by Crippen LogP contribution is -2.22. The van der Waals surface area contributed by atoms with Gasteiger partial charge >= 0.3 is 0 Å². The molecule has 3 nitrogen and oxygen atoms in total. The van der Waals surface area contributed by atoms with Crippen molar-refractivity contribution in [2.24, 2.45) is 0 Å². The highest BCUT2D eigenvalue weighted by Crippen LogP contribution is 2.30. The van der Waals surface area contributed by atoms with E-state index in [1.807, 2.05) is 40.5 Å². The molecule has 1 aliphatic rings. The number of nitrogens with one attached hydrogen (secondary N) is 1. The van der Waals surface area contributed by atoms with E-state index >= 15 is 0 Å². The van der Waals surface area contributed by atoms with Gasteiger partial charge in [-0.25, -0.2) is 4.41 Å². The third kappa shape index (κ3) is 1.43. The van der Waals surface area contributed by atoms with E-state index in [-0.39, 0.29) is 0 Å². The zero-order valence-electron chi connectivity index (χ0n) is 7.92. The molecule has 0 radical (unpaired) electrons. The molecule has 74 valence electrons. The number of fused-ring (bicyclic) bond motifs is 1. The second kappa shape index (κ2) is 3.47. The lowest BCUT2D eigenvalue weighted by atomic mass is 10.1. The molecule has 15 heavy (non-hydrogen) atoms. The summed E-state index contributed by atoms with van der Waals surface area (Å²) in [4.78, 5) is 4.23. The first-order valence-corrected chi connectivity index (χ1v) is 5.50.